The average molecular weight is 217 g/mol. The molecule has 0 aromatic heterocycles. The van der Waals surface area contributed by atoms with Gasteiger partial charge in [0.2, 0.25) is 5.91 Å². The number of hydrogen-bond acceptors (Lipinski definition) is 1. The van der Waals surface area contributed by atoms with Crippen LogP contribution in [0.4, 0.5) is 0 Å². The summed E-state index contributed by atoms with van der Waals surface area (Å²) >= 11 is 0. The van der Waals surface area contributed by atoms with Gasteiger partial charge in [-0.25, -0.2) is 0 Å². The molecule has 1 aromatic carbocycles. The van der Waals surface area contributed by atoms with Crippen LogP contribution in [0.15, 0.2) is 43.0 Å². The number of nitrogens with one attached hydrogen (secondary N) is 1. The number of hydrogen-bond donors (Lipinski definition) is 1. The molecule has 0 saturated carbocycles. The predicted molar refractivity (Wildman–Crippen MR) is 67.3 cm³/mol. The third-order valence-electron chi connectivity index (χ3n) is 2.70. The van der Waals surface area contributed by atoms with E-state index in [1.165, 1.54) is 0 Å². The van der Waals surface area contributed by atoms with E-state index in [-0.39, 0.29) is 5.91 Å². The number of benzene rings is 1. The standard InChI is InChI=1S/C14H19NO/c1-4-5-11-15-13(16)14(2,3)12-9-7-6-8-10-12/h4,6-10H,1,5,11H2,2-3H3,(H,15,16). The summed E-state index contributed by atoms with van der Waals surface area (Å²) in [6.07, 6.45) is 2.60. The van der Waals surface area contributed by atoms with Gasteiger partial charge in [0.1, 0.15) is 0 Å². The molecule has 0 spiro atoms. The first-order chi connectivity index (χ1) is 7.59. The molecule has 0 unspecified atom stereocenters. The zero-order valence-corrected chi connectivity index (χ0v) is 9.99. The topological polar surface area (TPSA) is 29.1 Å². The van der Waals surface area contributed by atoms with Gasteiger partial charge in [-0.1, -0.05) is 36.4 Å². The van der Waals surface area contributed by atoms with Crippen LogP contribution >= 0.6 is 0 Å². The van der Waals surface area contributed by atoms with Gasteiger partial charge in [-0.15, -0.1) is 6.58 Å². The van der Waals surface area contributed by atoms with Gasteiger partial charge in [0.15, 0.2) is 0 Å². The molecule has 1 aromatic rings. The molecule has 16 heavy (non-hydrogen) atoms. The molecule has 0 fully saturated rings. The van der Waals surface area contributed by atoms with Crippen LogP contribution in [-0.4, -0.2) is 12.5 Å². The maximum absolute atomic E-state index is 12.0. The number of rotatable bonds is 5. The van der Waals surface area contributed by atoms with Crippen molar-refractivity contribution in [3.8, 4) is 0 Å². The molecule has 0 aliphatic carbocycles. The van der Waals surface area contributed by atoms with E-state index in [1.807, 2.05) is 44.2 Å². The second-order valence-corrected chi connectivity index (χ2v) is 4.32. The lowest BCUT2D eigenvalue weighted by molar-refractivity contribution is -0.125. The van der Waals surface area contributed by atoms with Crippen molar-refractivity contribution in [1.82, 2.24) is 5.32 Å². The summed E-state index contributed by atoms with van der Waals surface area (Å²) < 4.78 is 0. The van der Waals surface area contributed by atoms with E-state index in [9.17, 15) is 4.79 Å². The smallest absolute Gasteiger partial charge is 0.230 e. The molecular formula is C14H19NO. The van der Waals surface area contributed by atoms with E-state index < -0.39 is 5.41 Å². The maximum Gasteiger partial charge on any atom is 0.230 e. The van der Waals surface area contributed by atoms with Crippen molar-refractivity contribution in [3.05, 3.63) is 48.6 Å². The van der Waals surface area contributed by atoms with Crippen molar-refractivity contribution < 1.29 is 4.79 Å². The largest absolute Gasteiger partial charge is 0.355 e. The highest BCUT2D eigenvalue weighted by Crippen LogP contribution is 2.22. The molecule has 1 rings (SSSR count). The van der Waals surface area contributed by atoms with Crippen LogP contribution in [-0.2, 0) is 10.2 Å². The van der Waals surface area contributed by atoms with Gasteiger partial charge >= 0.3 is 0 Å². The highest BCUT2D eigenvalue weighted by molar-refractivity contribution is 5.87. The van der Waals surface area contributed by atoms with E-state index in [0.29, 0.717) is 6.54 Å². The quantitative estimate of drug-likeness (QED) is 0.596. The summed E-state index contributed by atoms with van der Waals surface area (Å²) in [5, 5.41) is 2.91. The van der Waals surface area contributed by atoms with Crippen molar-refractivity contribution >= 4 is 5.91 Å². The molecule has 1 amide bonds. The van der Waals surface area contributed by atoms with Gasteiger partial charge in [-0.2, -0.15) is 0 Å². The molecule has 1 N–H and O–H groups in total. The van der Waals surface area contributed by atoms with Gasteiger partial charge in [0.05, 0.1) is 5.41 Å². The van der Waals surface area contributed by atoms with Gasteiger partial charge < -0.3 is 5.32 Å². The Hall–Kier alpha value is -1.57. The first kappa shape index (κ1) is 12.5. The zero-order valence-electron chi connectivity index (χ0n) is 9.99. The van der Waals surface area contributed by atoms with E-state index in [4.69, 9.17) is 0 Å². The van der Waals surface area contributed by atoms with Gasteiger partial charge in [-0.3, -0.25) is 4.79 Å². The fourth-order valence-corrected chi connectivity index (χ4v) is 1.49. The minimum Gasteiger partial charge on any atom is -0.355 e. The lowest BCUT2D eigenvalue weighted by Gasteiger charge is -2.24. The van der Waals surface area contributed by atoms with Crippen molar-refractivity contribution in [3.63, 3.8) is 0 Å². The molecule has 2 nitrogen and oxygen atoms in total. The Morgan fingerprint density at radius 3 is 2.56 bits per heavy atom. The predicted octanol–water partition coefficient (Wildman–Crippen LogP) is 2.66. The molecule has 0 aliphatic heterocycles. The normalized spacial score (nSPS) is 10.9. The second kappa shape index (κ2) is 5.50. The number of amides is 1. The molecular weight excluding hydrogens is 198 g/mol. The summed E-state index contributed by atoms with van der Waals surface area (Å²) in [6, 6.07) is 9.82. The SMILES string of the molecule is C=CCCNC(=O)C(C)(C)c1ccccc1. The van der Waals surface area contributed by atoms with Crippen LogP contribution in [0.3, 0.4) is 0 Å². The van der Waals surface area contributed by atoms with Crippen LogP contribution in [0.5, 0.6) is 0 Å². The van der Waals surface area contributed by atoms with E-state index in [1.54, 1.807) is 6.08 Å². The van der Waals surface area contributed by atoms with Gasteiger partial charge in [0.25, 0.3) is 0 Å². The second-order valence-electron chi connectivity index (χ2n) is 4.32. The Labute approximate surface area is 97.4 Å². The zero-order chi connectivity index (χ0) is 12.0. The summed E-state index contributed by atoms with van der Waals surface area (Å²) in [6.45, 7) is 8.15. The Balaban J connectivity index is 2.70. The fraction of sp³-hybridized carbons (Fsp3) is 0.357. The monoisotopic (exact) mass is 217 g/mol. The molecule has 0 heterocycles. The van der Waals surface area contributed by atoms with Crippen LogP contribution in [0.1, 0.15) is 25.8 Å². The molecule has 2 heteroatoms. The van der Waals surface area contributed by atoms with E-state index in [0.717, 1.165) is 12.0 Å². The number of carbonyl (C=O) groups excluding carboxylic acids is 1. The fourth-order valence-electron chi connectivity index (χ4n) is 1.49. The molecule has 0 aliphatic rings. The minimum absolute atomic E-state index is 0.0561. The molecule has 0 radical (unpaired) electrons. The maximum atomic E-state index is 12.0. The van der Waals surface area contributed by atoms with Crippen molar-refractivity contribution in [2.75, 3.05) is 6.54 Å². The van der Waals surface area contributed by atoms with Crippen molar-refractivity contribution in [2.45, 2.75) is 25.7 Å². The van der Waals surface area contributed by atoms with Crippen LogP contribution in [0.2, 0.25) is 0 Å². The summed E-state index contributed by atoms with van der Waals surface area (Å²) in [4.78, 5) is 12.0. The Morgan fingerprint density at radius 2 is 2.00 bits per heavy atom. The minimum atomic E-state index is -0.484. The summed E-state index contributed by atoms with van der Waals surface area (Å²) in [5.74, 6) is 0.0561. The van der Waals surface area contributed by atoms with Crippen molar-refractivity contribution in [2.24, 2.45) is 0 Å². The van der Waals surface area contributed by atoms with E-state index >= 15 is 0 Å². The average Bonchev–Trinajstić information content (AvgIpc) is 2.30. The molecule has 0 bridgehead atoms. The van der Waals surface area contributed by atoms with Crippen LogP contribution in [0.25, 0.3) is 0 Å². The number of carbonyl (C=O) groups is 1. The van der Waals surface area contributed by atoms with Crippen molar-refractivity contribution in [1.29, 1.82) is 0 Å². The third-order valence-corrected chi connectivity index (χ3v) is 2.70. The third kappa shape index (κ3) is 2.96. The van der Waals surface area contributed by atoms with E-state index in [2.05, 4.69) is 11.9 Å². The van der Waals surface area contributed by atoms with Gasteiger partial charge in [-0.05, 0) is 25.8 Å². The van der Waals surface area contributed by atoms with Crippen LogP contribution < -0.4 is 5.32 Å². The Morgan fingerprint density at radius 1 is 1.38 bits per heavy atom. The molecule has 0 saturated heterocycles. The first-order valence-electron chi connectivity index (χ1n) is 5.53. The lowest BCUT2D eigenvalue weighted by Crippen LogP contribution is -2.40. The summed E-state index contributed by atoms with van der Waals surface area (Å²) in [5.41, 5.74) is 0.550. The molecule has 0 atom stereocenters. The highest BCUT2D eigenvalue weighted by atomic mass is 16.2. The Bertz CT molecular complexity index is 354. The highest BCUT2D eigenvalue weighted by Gasteiger charge is 2.28. The summed E-state index contributed by atoms with van der Waals surface area (Å²) in [7, 11) is 0. The first-order valence-corrected chi connectivity index (χ1v) is 5.53. The van der Waals surface area contributed by atoms with Crippen LogP contribution in [0, 0.1) is 0 Å². The lowest BCUT2D eigenvalue weighted by atomic mass is 9.84. The Kier molecular flexibility index (Phi) is 4.29. The molecule has 86 valence electrons. The van der Waals surface area contributed by atoms with Gasteiger partial charge in [0, 0.05) is 6.54 Å².